The first-order valence-electron chi connectivity index (χ1n) is 20.0. The lowest BCUT2D eigenvalue weighted by atomic mass is 10.0. The highest BCUT2D eigenvalue weighted by molar-refractivity contribution is 5.92. The fraction of sp³-hybridized carbons (Fsp3) is 0.391. The molecule has 0 spiro atoms. The van der Waals surface area contributed by atoms with E-state index in [0.717, 1.165) is 35.3 Å². The number of rotatable bonds is 6. The highest BCUT2D eigenvalue weighted by Gasteiger charge is 2.33. The van der Waals surface area contributed by atoms with Gasteiger partial charge in [0.1, 0.15) is 23.4 Å². The largest absolute Gasteiger partial charge is 0.457 e. The van der Waals surface area contributed by atoms with Gasteiger partial charge >= 0.3 is 0 Å². The Labute approximate surface area is 333 Å². The summed E-state index contributed by atoms with van der Waals surface area (Å²) in [5.74, 6) is 0.411. The zero-order valence-corrected chi connectivity index (χ0v) is 34.1. The number of amides is 4. The lowest BCUT2D eigenvalue weighted by Crippen LogP contribution is -2.51. The summed E-state index contributed by atoms with van der Waals surface area (Å²) in [7, 11) is 0. The highest BCUT2D eigenvalue weighted by Crippen LogP contribution is 2.32. The van der Waals surface area contributed by atoms with E-state index < -0.39 is 6.04 Å². The Morgan fingerprint density at radius 1 is 0.821 bits per heavy atom. The number of ether oxygens (including phenoxy) is 1. The molecule has 3 aliphatic heterocycles. The van der Waals surface area contributed by atoms with Gasteiger partial charge in [-0.3, -0.25) is 19.2 Å². The number of carbonyl (C=O) groups excluding carboxylic acids is 4. The third kappa shape index (κ3) is 15.3. The maximum absolute atomic E-state index is 13.5. The standard InChI is InChI=1S/C32H35N3O4.C8H8FNO.3C2H6/c1-22-19-24-12-15-26(16-13-24)39-27-10-5-7-23(20-27)14-17-30(36)34-28(32(38)33-22)21-31(37)35-18-6-11-29(35)25-8-3-2-4-9-25;9-8-4-2-1-3-7(8)5-10-6-11;3*1-2/h2-5,7-10,12-13,15-16,20,22,28-29H,6,11,14,17-19,21H2,1H3,(H,33,38)(H,34,36);1-4,6H,5H2,(H,10,11);3*1-2H3/t22?,28?,29-;;;;/m1..../s1. The predicted molar refractivity (Wildman–Crippen MR) is 223 cm³/mol. The maximum atomic E-state index is 13.5. The van der Waals surface area contributed by atoms with Crippen LogP contribution in [0.25, 0.3) is 0 Å². The van der Waals surface area contributed by atoms with Crippen molar-refractivity contribution in [3.05, 3.63) is 131 Å². The molecule has 4 aromatic carbocycles. The molecule has 1 fully saturated rings. The summed E-state index contributed by atoms with van der Waals surface area (Å²) in [5.41, 5.74) is 3.60. The zero-order valence-electron chi connectivity index (χ0n) is 34.1. The molecule has 3 atom stereocenters. The van der Waals surface area contributed by atoms with E-state index in [0.29, 0.717) is 37.1 Å². The van der Waals surface area contributed by atoms with Gasteiger partial charge in [0.2, 0.25) is 24.1 Å². The molecule has 3 N–H and O–H groups in total. The number of hydrogen-bond donors (Lipinski definition) is 3. The second-order valence-electron chi connectivity index (χ2n) is 12.6. The summed E-state index contributed by atoms with van der Waals surface area (Å²) in [6, 6.07) is 30.6. The van der Waals surface area contributed by atoms with Gasteiger partial charge in [0.05, 0.1) is 12.5 Å². The van der Waals surface area contributed by atoms with Crippen molar-refractivity contribution in [3.63, 3.8) is 0 Å². The second kappa shape index (κ2) is 26.3. The van der Waals surface area contributed by atoms with Crippen molar-refractivity contribution in [3.8, 4) is 11.5 Å². The lowest BCUT2D eigenvalue weighted by molar-refractivity contribution is -0.137. The molecule has 3 aliphatic rings. The summed E-state index contributed by atoms with van der Waals surface area (Å²) >= 11 is 0. The number of halogens is 1. The molecular weight excluding hydrogens is 708 g/mol. The number of nitrogens with one attached hydrogen (secondary N) is 3. The molecule has 56 heavy (non-hydrogen) atoms. The van der Waals surface area contributed by atoms with Crippen LogP contribution in [0.2, 0.25) is 0 Å². The average molecular weight is 769 g/mol. The first-order chi connectivity index (χ1) is 27.3. The van der Waals surface area contributed by atoms with E-state index in [1.54, 1.807) is 18.2 Å². The molecule has 0 aromatic heterocycles. The smallest absolute Gasteiger partial charge is 0.243 e. The molecule has 3 heterocycles. The van der Waals surface area contributed by atoms with Crippen LogP contribution >= 0.6 is 0 Å². The van der Waals surface area contributed by atoms with Crippen molar-refractivity contribution >= 4 is 24.1 Å². The quantitative estimate of drug-likeness (QED) is 0.170. The number of carbonyl (C=O) groups is 4. The molecule has 4 aromatic rings. The second-order valence-corrected chi connectivity index (χ2v) is 12.6. The molecule has 4 amide bonds. The molecule has 2 unspecified atom stereocenters. The van der Waals surface area contributed by atoms with Gasteiger partial charge in [0.15, 0.2) is 0 Å². The molecule has 9 nitrogen and oxygen atoms in total. The topological polar surface area (TPSA) is 117 Å². The van der Waals surface area contributed by atoms with Gasteiger partial charge in [-0.25, -0.2) is 4.39 Å². The molecule has 0 aliphatic carbocycles. The Bertz CT molecular complexity index is 1750. The molecule has 4 bridgehead atoms. The summed E-state index contributed by atoms with van der Waals surface area (Å²) in [5, 5.41) is 8.27. The molecule has 302 valence electrons. The fourth-order valence-corrected chi connectivity index (χ4v) is 6.25. The Hall–Kier alpha value is -5.51. The molecule has 0 radical (unpaired) electrons. The summed E-state index contributed by atoms with van der Waals surface area (Å²) in [4.78, 5) is 51.6. The Kier molecular flexibility index (Phi) is 21.9. The average Bonchev–Trinajstić information content (AvgIpc) is 3.74. The van der Waals surface area contributed by atoms with Crippen molar-refractivity contribution in [2.75, 3.05) is 6.54 Å². The van der Waals surface area contributed by atoms with Crippen LogP contribution in [0.4, 0.5) is 4.39 Å². The minimum absolute atomic E-state index is 0.0102. The predicted octanol–water partition coefficient (Wildman–Crippen LogP) is 8.86. The van der Waals surface area contributed by atoms with Crippen LogP contribution in [0.15, 0.2) is 103 Å². The Morgan fingerprint density at radius 2 is 1.50 bits per heavy atom. The number of aryl methyl sites for hydroxylation is 1. The van der Waals surface area contributed by atoms with E-state index in [1.165, 1.54) is 6.07 Å². The van der Waals surface area contributed by atoms with Crippen LogP contribution < -0.4 is 20.7 Å². The zero-order chi connectivity index (χ0) is 41.3. The summed E-state index contributed by atoms with van der Waals surface area (Å²) in [6.45, 7) is 14.8. The van der Waals surface area contributed by atoms with Crippen LogP contribution in [0.1, 0.15) is 102 Å². The van der Waals surface area contributed by atoms with E-state index >= 15 is 0 Å². The number of fused-ring (bicyclic) bond motifs is 10. The molecule has 1 saturated heterocycles. The van der Waals surface area contributed by atoms with Crippen LogP contribution in [0.3, 0.4) is 0 Å². The third-order valence-corrected chi connectivity index (χ3v) is 8.75. The van der Waals surface area contributed by atoms with E-state index in [9.17, 15) is 23.6 Å². The van der Waals surface area contributed by atoms with Crippen molar-refractivity contribution in [2.45, 2.75) is 112 Å². The van der Waals surface area contributed by atoms with Crippen LogP contribution in [0.5, 0.6) is 11.5 Å². The summed E-state index contributed by atoms with van der Waals surface area (Å²) < 4.78 is 18.8. The highest BCUT2D eigenvalue weighted by atomic mass is 19.1. The minimum Gasteiger partial charge on any atom is -0.457 e. The first-order valence-corrected chi connectivity index (χ1v) is 20.0. The number of benzene rings is 4. The van der Waals surface area contributed by atoms with Crippen LogP contribution in [0, 0.1) is 5.82 Å². The Balaban J connectivity index is 0.000000538. The number of hydrogen-bond acceptors (Lipinski definition) is 5. The molecule has 10 heteroatoms. The van der Waals surface area contributed by atoms with Crippen molar-refractivity contribution in [1.82, 2.24) is 20.9 Å². The normalized spacial score (nSPS) is 17.4. The van der Waals surface area contributed by atoms with Gasteiger partial charge in [-0.05, 0) is 79.6 Å². The number of likely N-dealkylation sites (tertiary alicyclic amines) is 1. The van der Waals surface area contributed by atoms with Gasteiger partial charge in [0.25, 0.3) is 0 Å². The summed E-state index contributed by atoms with van der Waals surface area (Å²) in [6.07, 6.45) is 3.56. The molecular formula is C46H61FN4O5. The van der Waals surface area contributed by atoms with E-state index in [-0.39, 0.29) is 55.0 Å². The molecule has 7 rings (SSSR count). The Morgan fingerprint density at radius 3 is 2.18 bits per heavy atom. The first kappa shape index (κ1) is 46.6. The number of nitrogens with zero attached hydrogens (tertiary/aromatic N) is 1. The van der Waals surface area contributed by atoms with Gasteiger partial charge in [0, 0.05) is 31.1 Å². The van der Waals surface area contributed by atoms with E-state index in [4.69, 9.17) is 4.74 Å². The van der Waals surface area contributed by atoms with Gasteiger partial charge in [-0.15, -0.1) is 0 Å². The van der Waals surface area contributed by atoms with Crippen LogP contribution in [-0.2, 0) is 38.6 Å². The van der Waals surface area contributed by atoms with Crippen LogP contribution in [-0.4, -0.2) is 47.7 Å². The van der Waals surface area contributed by atoms with E-state index in [2.05, 4.69) is 16.0 Å². The van der Waals surface area contributed by atoms with Crippen molar-refractivity contribution in [2.24, 2.45) is 0 Å². The van der Waals surface area contributed by atoms with Crippen molar-refractivity contribution in [1.29, 1.82) is 0 Å². The van der Waals surface area contributed by atoms with Gasteiger partial charge < -0.3 is 25.6 Å². The van der Waals surface area contributed by atoms with Crippen molar-refractivity contribution < 1.29 is 28.3 Å². The van der Waals surface area contributed by atoms with Gasteiger partial charge in [-0.2, -0.15) is 0 Å². The monoisotopic (exact) mass is 768 g/mol. The van der Waals surface area contributed by atoms with E-state index in [1.807, 2.05) is 132 Å². The maximum Gasteiger partial charge on any atom is 0.243 e. The SMILES string of the molecule is CC.CC.CC.CC1Cc2ccc(cc2)Oc2cccc(c2)CCC(=O)NC(CC(=O)N2CCC[C@@H]2c2ccccc2)C(=O)N1.O=CNCc1ccccc1F. The van der Waals surface area contributed by atoms with Gasteiger partial charge in [-0.1, -0.05) is 114 Å². The third-order valence-electron chi connectivity index (χ3n) is 8.75. The minimum atomic E-state index is -0.947. The molecule has 0 saturated carbocycles. The fourth-order valence-electron chi connectivity index (χ4n) is 6.25. The lowest BCUT2D eigenvalue weighted by Gasteiger charge is -2.28.